The Morgan fingerprint density at radius 3 is 2.52 bits per heavy atom. The molecule has 0 unspecified atom stereocenters. The molecule has 0 radical (unpaired) electrons. The lowest BCUT2D eigenvalue weighted by Gasteiger charge is -2.07. The molecule has 118 valence electrons. The Kier molecular flexibility index (Phi) is 4.50. The van der Waals surface area contributed by atoms with Gasteiger partial charge in [-0.2, -0.15) is 0 Å². The molecule has 0 aliphatic heterocycles. The molecule has 0 spiro atoms. The van der Waals surface area contributed by atoms with Gasteiger partial charge in [0.05, 0.1) is 10.0 Å². The molecule has 1 aliphatic carbocycles. The molecule has 2 aromatic rings. The molecule has 1 aliphatic rings. The molecule has 23 heavy (non-hydrogen) atoms. The third-order valence-corrected chi connectivity index (χ3v) is 4.08. The highest BCUT2D eigenvalue weighted by atomic mass is 35.5. The second kappa shape index (κ2) is 6.56. The molecule has 0 atom stereocenters. The van der Waals surface area contributed by atoms with Gasteiger partial charge in [0, 0.05) is 23.5 Å². The van der Waals surface area contributed by atoms with Crippen LogP contribution in [0.3, 0.4) is 0 Å². The minimum atomic E-state index is -0.426. The van der Waals surface area contributed by atoms with Gasteiger partial charge in [0.1, 0.15) is 5.69 Å². The van der Waals surface area contributed by atoms with Gasteiger partial charge in [0.2, 0.25) is 0 Å². The van der Waals surface area contributed by atoms with E-state index in [1.54, 1.807) is 24.3 Å². The van der Waals surface area contributed by atoms with Crippen LogP contribution in [0.25, 0.3) is 0 Å². The smallest absolute Gasteiger partial charge is 0.274 e. The van der Waals surface area contributed by atoms with E-state index in [9.17, 15) is 9.59 Å². The number of pyridine rings is 1. The van der Waals surface area contributed by atoms with Gasteiger partial charge in [0.25, 0.3) is 11.8 Å². The molecule has 1 fully saturated rings. The van der Waals surface area contributed by atoms with Gasteiger partial charge in [-0.3, -0.25) is 14.6 Å². The van der Waals surface area contributed by atoms with Crippen LogP contribution in [0.15, 0.2) is 36.5 Å². The fourth-order valence-corrected chi connectivity index (χ4v) is 2.26. The third kappa shape index (κ3) is 4.00. The van der Waals surface area contributed by atoms with Crippen LogP contribution < -0.4 is 10.6 Å². The van der Waals surface area contributed by atoms with Crippen molar-refractivity contribution >= 4 is 40.7 Å². The molecule has 0 bridgehead atoms. The van der Waals surface area contributed by atoms with Gasteiger partial charge in [0.15, 0.2) is 0 Å². The summed E-state index contributed by atoms with van der Waals surface area (Å²) in [7, 11) is 0. The van der Waals surface area contributed by atoms with Gasteiger partial charge in [-0.1, -0.05) is 23.2 Å². The van der Waals surface area contributed by atoms with E-state index < -0.39 is 5.91 Å². The number of carbonyl (C=O) groups is 2. The number of nitrogens with zero attached hydrogens (tertiary/aromatic N) is 1. The summed E-state index contributed by atoms with van der Waals surface area (Å²) in [5.41, 5.74) is 1.06. The van der Waals surface area contributed by atoms with E-state index in [0.717, 1.165) is 12.8 Å². The van der Waals surface area contributed by atoms with Crippen LogP contribution in [0.5, 0.6) is 0 Å². The second-order valence-corrected chi connectivity index (χ2v) is 6.07. The van der Waals surface area contributed by atoms with Gasteiger partial charge < -0.3 is 10.6 Å². The van der Waals surface area contributed by atoms with Crippen molar-refractivity contribution in [2.45, 2.75) is 18.9 Å². The maximum atomic E-state index is 12.2. The zero-order valence-corrected chi connectivity index (χ0v) is 13.5. The highest BCUT2D eigenvalue weighted by Gasteiger charge is 2.24. The average molecular weight is 350 g/mol. The van der Waals surface area contributed by atoms with Gasteiger partial charge in [-0.25, -0.2) is 0 Å². The quantitative estimate of drug-likeness (QED) is 0.886. The summed E-state index contributed by atoms with van der Waals surface area (Å²) in [6.07, 6.45) is 3.44. The van der Waals surface area contributed by atoms with Crippen LogP contribution in [0.4, 0.5) is 5.69 Å². The fourth-order valence-electron chi connectivity index (χ4n) is 1.96. The summed E-state index contributed by atoms with van der Waals surface area (Å²) >= 11 is 11.7. The summed E-state index contributed by atoms with van der Waals surface area (Å²) in [5.74, 6) is -0.622. The third-order valence-electron chi connectivity index (χ3n) is 3.34. The number of hydrogen-bond acceptors (Lipinski definition) is 3. The topological polar surface area (TPSA) is 71.1 Å². The van der Waals surface area contributed by atoms with E-state index in [2.05, 4.69) is 15.6 Å². The molecular formula is C16H13Cl2N3O2. The summed E-state index contributed by atoms with van der Waals surface area (Å²) in [6, 6.07) is 8.07. The first kappa shape index (κ1) is 15.8. The Morgan fingerprint density at radius 1 is 1.04 bits per heavy atom. The van der Waals surface area contributed by atoms with Crippen molar-refractivity contribution in [1.29, 1.82) is 0 Å². The summed E-state index contributed by atoms with van der Waals surface area (Å²) in [6.45, 7) is 0. The van der Waals surface area contributed by atoms with Crippen molar-refractivity contribution in [1.82, 2.24) is 10.3 Å². The van der Waals surface area contributed by atoms with E-state index >= 15 is 0 Å². The maximum absolute atomic E-state index is 12.2. The van der Waals surface area contributed by atoms with E-state index in [1.165, 1.54) is 12.3 Å². The van der Waals surface area contributed by atoms with Gasteiger partial charge >= 0.3 is 0 Å². The van der Waals surface area contributed by atoms with Crippen LogP contribution in [0.2, 0.25) is 10.0 Å². The lowest BCUT2D eigenvalue weighted by atomic mass is 10.2. The van der Waals surface area contributed by atoms with Crippen LogP contribution in [-0.2, 0) is 0 Å². The lowest BCUT2D eigenvalue weighted by Crippen LogP contribution is -2.26. The van der Waals surface area contributed by atoms with Crippen molar-refractivity contribution in [3.05, 3.63) is 57.8 Å². The number of nitrogens with one attached hydrogen (secondary N) is 2. The van der Waals surface area contributed by atoms with E-state index in [0.29, 0.717) is 21.3 Å². The first-order valence-corrected chi connectivity index (χ1v) is 7.82. The minimum Gasteiger partial charge on any atom is -0.349 e. The number of benzene rings is 1. The second-order valence-electron chi connectivity index (χ2n) is 5.26. The Bertz CT molecular complexity index is 776. The standard InChI is InChI=1S/C16H13Cl2N3O2/c17-12-4-3-11(8-13(12)18)21-16(23)14-7-9(5-6-19-14)15(22)20-10-1-2-10/h3-8,10H,1-2H2,(H,20,22)(H,21,23). The van der Waals surface area contributed by atoms with Gasteiger partial charge in [-0.05, 0) is 43.2 Å². The van der Waals surface area contributed by atoms with E-state index in [1.807, 2.05) is 0 Å². The average Bonchev–Trinajstić information content (AvgIpc) is 3.35. The molecule has 1 saturated carbocycles. The zero-order valence-electron chi connectivity index (χ0n) is 12.0. The Morgan fingerprint density at radius 2 is 1.83 bits per heavy atom. The molecule has 0 saturated heterocycles. The first-order chi connectivity index (χ1) is 11.0. The molecule has 5 nitrogen and oxygen atoms in total. The van der Waals surface area contributed by atoms with Crippen molar-refractivity contribution in [3.8, 4) is 0 Å². The van der Waals surface area contributed by atoms with Crippen LogP contribution in [0, 0.1) is 0 Å². The normalized spacial score (nSPS) is 13.5. The number of amides is 2. The summed E-state index contributed by atoms with van der Waals surface area (Å²) < 4.78 is 0. The highest BCUT2D eigenvalue weighted by molar-refractivity contribution is 6.42. The summed E-state index contributed by atoms with van der Waals surface area (Å²) in [5, 5.41) is 6.29. The SMILES string of the molecule is O=C(NC1CC1)c1ccnc(C(=O)Nc2ccc(Cl)c(Cl)c2)c1. The number of aromatic nitrogens is 1. The number of carbonyl (C=O) groups excluding carboxylic acids is 2. The molecule has 2 N–H and O–H groups in total. The zero-order chi connectivity index (χ0) is 16.4. The number of rotatable bonds is 4. The molecule has 7 heteroatoms. The van der Waals surface area contributed by atoms with Crippen molar-refractivity contribution < 1.29 is 9.59 Å². The number of hydrogen-bond donors (Lipinski definition) is 2. The minimum absolute atomic E-state index is 0.152. The van der Waals surface area contributed by atoms with Crippen LogP contribution in [0.1, 0.15) is 33.7 Å². The summed E-state index contributed by atoms with van der Waals surface area (Å²) in [4.78, 5) is 28.2. The Labute approximate surface area is 143 Å². The maximum Gasteiger partial charge on any atom is 0.274 e. The van der Waals surface area contributed by atoms with Crippen LogP contribution >= 0.6 is 23.2 Å². The fraction of sp³-hybridized carbons (Fsp3) is 0.188. The van der Waals surface area contributed by atoms with Crippen LogP contribution in [-0.4, -0.2) is 22.8 Å². The van der Waals surface area contributed by atoms with Crippen molar-refractivity contribution in [3.63, 3.8) is 0 Å². The molecule has 1 heterocycles. The predicted octanol–water partition coefficient (Wildman–Crippen LogP) is 3.53. The molecular weight excluding hydrogens is 337 g/mol. The molecule has 1 aromatic carbocycles. The molecule has 1 aromatic heterocycles. The molecule has 3 rings (SSSR count). The Balaban J connectivity index is 1.73. The van der Waals surface area contributed by atoms with E-state index in [4.69, 9.17) is 23.2 Å². The largest absolute Gasteiger partial charge is 0.349 e. The highest BCUT2D eigenvalue weighted by Crippen LogP contribution is 2.25. The lowest BCUT2D eigenvalue weighted by molar-refractivity contribution is 0.0951. The predicted molar refractivity (Wildman–Crippen MR) is 89.1 cm³/mol. The number of anilines is 1. The van der Waals surface area contributed by atoms with Crippen molar-refractivity contribution in [2.24, 2.45) is 0 Å². The van der Waals surface area contributed by atoms with E-state index in [-0.39, 0.29) is 17.6 Å². The Hall–Kier alpha value is -2.11. The molecule has 2 amide bonds. The van der Waals surface area contributed by atoms with Crippen molar-refractivity contribution in [2.75, 3.05) is 5.32 Å². The monoisotopic (exact) mass is 349 g/mol. The first-order valence-electron chi connectivity index (χ1n) is 7.06. The number of halogens is 2. The van der Waals surface area contributed by atoms with Gasteiger partial charge in [-0.15, -0.1) is 0 Å².